The van der Waals surface area contributed by atoms with Crippen LogP contribution in [0.4, 0.5) is 0 Å². The highest BCUT2D eigenvalue weighted by atomic mass is 16.8. The van der Waals surface area contributed by atoms with Crippen molar-refractivity contribution in [1.29, 1.82) is 0 Å². The van der Waals surface area contributed by atoms with E-state index in [0.717, 1.165) is 12.8 Å². The smallest absolute Gasteiger partial charge is 0.190 e. The van der Waals surface area contributed by atoms with E-state index >= 15 is 0 Å². The highest BCUT2D eigenvalue weighted by molar-refractivity contribution is 4.96. The molecule has 2 aliphatic heterocycles. The summed E-state index contributed by atoms with van der Waals surface area (Å²) in [5.74, 6) is -0.711. The zero-order valence-corrected chi connectivity index (χ0v) is 11.7. The maximum atomic E-state index is 9.80. The Kier molecular flexibility index (Phi) is 4.81. The van der Waals surface area contributed by atoms with E-state index in [1.165, 1.54) is 0 Å². The third-order valence-corrected chi connectivity index (χ3v) is 3.40. The second kappa shape index (κ2) is 6.03. The van der Waals surface area contributed by atoms with E-state index in [1.807, 2.05) is 13.8 Å². The molecule has 2 rings (SSSR count). The number of hydrogen-bond donors (Lipinski definition) is 2. The van der Waals surface area contributed by atoms with Crippen molar-refractivity contribution < 1.29 is 29.2 Å². The molecule has 112 valence electrons. The standard InChI is InChI=1S/C13H24O6/c1-4-5-6-16-10-9(8(15)7-14)17-12-11(10)18-13(2,3)19-12/h8-12,14-15H,4-7H2,1-3H3/t8-,9-,10-,11-,12-/m1/s1. The summed E-state index contributed by atoms with van der Waals surface area (Å²) in [6.45, 7) is 5.91. The lowest BCUT2D eigenvalue weighted by Crippen LogP contribution is -2.44. The molecule has 0 aromatic heterocycles. The Morgan fingerprint density at radius 2 is 2.05 bits per heavy atom. The summed E-state index contributed by atoms with van der Waals surface area (Å²) in [5, 5.41) is 18.9. The second-order valence-corrected chi connectivity index (χ2v) is 5.51. The quantitative estimate of drug-likeness (QED) is 0.684. The van der Waals surface area contributed by atoms with Crippen LogP contribution in [-0.2, 0) is 18.9 Å². The van der Waals surface area contributed by atoms with Crippen LogP contribution in [0.25, 0.3) is 0 Å². The van der Waals surface area contributed by atoms with E-state index in [9.17, 15) is 5.11 Å². The average molecular weight is 276 g/mol. The molecular weight excluding hydrogens is 252 g/mol. The number of fused-ring (bicyclic) bond motifs is 1. The van der Waals surface area contributed by atoms with Crippen molar-refractivity contribution >= 4 is 0 Å². The van der Waals surface area contributed by atoms with Crippen LogP contribution in [0, 0.1) is 0 Å². The molecule has 0 spiro atoms. The molecule has 0 aliphatic carbocycles. The Morgan fingerprint density at radius 1 is 1.32 bits per heavy atom. The van der Waals surface area contributed by atoms with Gasteiger partial charge in [0, 0.05) is 6.61 Å². The van der Waals surface area contributed by atoms with Gasteiger partial charge >= 0.3 is 0 Å². The fourth-order valence-electron chi connectivity index (χ4n) is 2.47. The van der Waals surface area contributed by atoms with Gasteiger partial charge in [-0.2, -0.15) is 0 Å². The van der Waals surface area contributed by atoms with Crippen molar-refractivity contribution in [2.45, 2.75) is 70.1 Å². The summed E-state index contributed by atoms with van der Waals surface area (Å²) in [6.07, 6.45) is -0.982. The predicted molar refractivity (Wildman–Crippen MR) is 66.4 cm³/mol. The molecule has 2 heterocycles. The van der Waals surface area contributed by atoms with Crippen LogP contribution >= 0.6 is 0 Å². The van der Waals surface area contributed by atoms with Crippen LogP contribution in [0.2, 0.25) is 0 Å². The largest absolute Gasteiger partial charge is 0.394 e. The maximum absolute atomic E-state index is 9.80. The molecule has 2 fully saturated rings. The van der Waals surface area contributed by atoms with Gasteiger partial charge in [0.2, 0.25) is 0 Å². The normalized spacial score (nSPS) is 38.4. The first-order chi connectivity index (χ1) is 8.98. The van der Waals surface area contributed by atoms with Crippen LogP contribution in [0.3, 0.4) is 0 Å². The molecule has 0 aromatic rings. The van der Waals surface area contributed by atoms with E-state index in [2.05, 4.69) is 6.92 Å². The van der Waals surface area contributed by atoms with Crippen molar-refractivity contribution in [1.82, 2.24) is 0 Å². The molecule has 6 nitrogen and oxygen atoms in total. The van der Waals surface area contributed by atoms with Gasteiger partial charge in [-0.1, -0.05) is 13.3 Å². The van der Waals surface area contributed by atoms with Crippen LogP contribution in [-0.4, -0.2) is 59.9 Å². The van der Waals surface area contributed by atoms with Gasteiger partial charge in [-0.25, -0.2) is 0 Å². The Morgan fingerprint density at radius 3 is 2.68 bits per heavy atom. The first kappa shape index (κ1) is 15.2. The van der Waals surface area contributed by atoms with Crippen molar-refractivity contribution in [2.75, 3.05) is 13.2 Å². The lowest BCUT2D eigenvalue weighted by molar-refractivity contribution is -0.231. The van der Waals surface area contributed by atoms with Gasteiger partial charge in [0.05, 0.1) is 6.61 Å². The van der Waals surface area contributed by atoms with Crippen molar-refractivity contribution in [3.05, 3.63) is 0 Å². The molecule has 6 heteroatoms. The van der Waals surface area contributed by atoms with Gasteiger partial charge in [0.25, 0.3) is 0 Å². The van der Waals surface area contributed by atoms with Gasteiger partial charge in [-0.3, -0.25) is 0 Å². The fourth-order valence-corrected chi connectivity index (χ4v) is 2.47. The molecule has 0 amide bonds. The van der Waals surface area contributed by atoms with Crippen LogP contribution in [0.1, 0.15) is 33.6 Å². The average Bonchev–Trinajstić information content (AvgIpc) is 2.82. The molecule has 0 bridgehead atoms. The molecule has 0 radical (unpaired) electrons. The number of hydrogen-bond acceptors (Lipinski definition) is 6. The first-order valence-electron chi connectivity index (χ1n) is 6.90. The highest BCUT2D eigenvalue weighted by Crippen LogP contribution is 2.39. The summed E-state index contributed by atoms with van der Waals surface area (Å²) in [6, 6.07) is 0. The molecule has 2 saturated heterocycles. The summed E-state index contributed by atoms with van der Waals surface area (Å²) in [7, 11) is 0. The summed E-state index contributed by atoms with van der Waals surface area (Å²) >= 11 is 0. The zero-order valence-electron chi connectivity index (χ0n) is 11.7. The summed E-state index contributed by atoms with van der Waals surface area (Å²) in [5.41, 5.74) is 0. The SMILES string of the molecule is CCCCO[C@H]1[C@H]2OC(C)(C)O[C@H]2O[C@@H]1[C@H](O)CO. The minimum atomic E-state index is -0.993. The Hall–Kier alpha value is -0.240. The number of rotatable bonds is 6. The second-order valence-electron chi connectivity index (χ2n) is 5.51. The third-order valence-electron chi connectivity index (χ3n) is 3.40. The Labute approximate surface area is 113 Å². The van der Waals surface area contributed by atoms with E-state index < -0.39 is 30.4 Å². The van der Waals surface area contributed by atoms with E-state index in [-0.39, 0.29) is 12.7 Å². The number of unbranched alkanes of at least 4 members (excludes halogenated alkanes) is 1. The number of aliphatic hydroxyl groups excluding tert-OH is 2. The van der Waals surface area contributed by atoms with Crippen LogP contribution in [0.15, 0.2) is 0 Å². The van der Waals surface area contributed by atoms with Gasteiger partial charge in [0.15, 0.2) is 12.1 Å². The minimum absolute atomic E-state index is 0.363. The fraction of sp³-hybridized carbons (Fsp3) is 1.00. The molecular formula is C13H24O6. The summed E-state index contributed by atoms with van der Waals surface area (Å²) in [4.78, 5) is 0. The Bertz CT molecular complexity index is 295. The Balaban J connectivity index is 2.02. The van der Waals surface area contributed by atoms with Crippen molar-refractivity contribution in [3.63, 3.8) is 0 Å². The highest BCUT2D eigenvalue weighted by Gasteiger charge is 2.56. The van der Waals surface area contributed by atoms with E-state index in [0.29, 0.717) is 6.61 Å². The first-order valence-corrected chi connectivity index (χ1v) is 6.90. The van der Waals surface area contributed by atoms with Crippen LogP contribution < -0.4 is 0 Å². The topological polar surface area (TPSA) is 77.4 Å². The molecule has 2 N–H and O–H groups in total. The maximum Gasteiger partial charge on any atom is 0.190 e. The zero-order chi connectivity index (χ0) is 14.0. The molecule has 2 aliphatic rings. The minimum Gasteiger partial charge on any atom is -0.394 e. The van der Waals surface area contributed by atoms with Crippen LogP contribution in [0.5, 0.6) is 0 Å². The summed E-state index contributed by atoms with van der Waals surface area (Å²) < 4.78 is 22.8. The van der Waals surface area contributed by atoms with E-state index in [1.54, 1.807) is 0 Å². The van der Waals surface area contributed by atoms with Gasteiger partial charge in [-0.05, 0) is 20.3 Å². The van der Waals surface area contributed by atoms with Gasteiger partial charge < -0.3 is 29.2 Å². The molecule has 0 aromatic carbocycles. The van der Waals surface area contributed by atoms with Crippen molar-refractivity contribution in [3.8, 4) is 0 Å². The number of aliphatic hydroxyl groups is 2. The molecule has 0 unspecified atom stereocenters. The lowest BCUT2D eigenvalue weighted by Gasteiger charge is -2.27. The van der Waals surface area contributed by atoms with E-state index in [4.69, 9.17) is 24.1 Å². The third kappa shape index (κ3) is 3.26. The predicted octanol–water partition coefficient (Wildman–Crippen LogP) is 0.401. The monoisotopic (exact) mass is 276 g/mol. The van der Waals surface area contributed by atoms with Gasteiger partial charge in [-0.15, -0.1) is 0 Å². The molecule has 0 saturated carbocycles. The van der Waals surface area contributed by atoms with Gasteiger partial charge in [0.1, 0.15) is 24.4 Å². The van der Waals surface area contributed by atoms with Crippen molar-refractivity contribution in [2.24, 2.45) is 0 Å². The molecule has 19 heavy (non-hydrogen) atoms. The number of ether oxygens (including phenoxy) is 4. The molecule has 5 atom stereocenters. The lowest BCUT2D eigenvalue weighted by atomic mass is 10.1.